The Kier molecular flexibility index (Phi) is 3.97. The molecular weight excluding hydrogens is 233 g/mol. The molecule has 7 heteroatoms. The van der Waals surface area contributed by atoms with Crippen molar-refractivity contribution in [1.29, 1.82) is 0 Å². The van der Waals surface area contributed by atoms with Crippen molar-refractivity contribution in [1.82, 2.24) is 0 Å². The zero-order valence-electron chi connectivity index (χ0n) is 9.18. The molecule has 0 radical (unpaired) electrons. The first-order valence-electron chi connectivity index (χ1n) is 4.64. The van der Waals surface area contributed by atoms with Gasteiger partial charge in [-0.1, -0.05) is 0 Å². The monoisotopic (exact) mass is 243 g/mol. The Morgan fingerprint density at radius 2 is 2.18 bits per heavy atom. The highest BCUT2D eigenvalue weighted by atomic mass is 19.1. The SMILES string of the molecule is COC(=O)[C@@H](C)Oc1ccc([N+](=O)[O-])c(F)c1. The van der Waals surface area contributed by atoms with Gasteiger partial charge in [-0.15, -0.1) is 0 Å². The number of halogens is 1. The summed E-state index contributed by atoms with van der Waals surface area (Å²) in [6.45, 7) is 1.42. The highest BCUT2D eigenvalue weighted by Crippen LogP contribution is 2.23. The minimum Gasteiger partial charge on any atom is -0.479 e. The maximum absolute atomic E-state index is 13.2. The third-order valence-corrected chi connectivity index (χ3v) is 1.96. The van der Waals surface area contributed by atoms with Gasteiger partial charge < -0.3 is 9.47 Å². The normalized spacial score (nSPS) is 11.7. The van der Waals surface area contributed by atoms with Gasteiger partial charge in [0.05, 0.1) is 12.0 Å². The molecule has 0 amide bonds. The molecule has 6 nitrogen and oxygen atoms in total. The van der Waals surface area contributed by atoms with Gasteiger partial charge in [0.2, 0.25) is 5.82 Å². The van der Waals surface area contributed by atoms with E-state index in [0.29, 0.717) is 0 Å². The van der Waals surface area contributed by atoms with Crippen molar-refractivity contribution >= 4 is 11.7 Å². The Balaban J connectivity index is 2.84. The molecule has 0 N–H and O–H groups in total. The van der Waals surface area contributed by atoms with Crippen LogP contribution in [-0.2, 0) is 9.53 Å². The second-order valence-electron chi connectivity index (χ2n) is 3.15. The molecule has 0 bridgehead atoms. The van der Waals surface area contributed by atoms with Crippen LogP contribution in [0.1, 0.15) is 6.92 Å². The fourth-order valence-electron chi connectivity index (χ4n) is 1.13. The highest BCUT2D eigenvalue weighted by molar-refractivity contribution is 5.74. The first-order valence-corrected chi connectivity index (χ1v) is 4.64. The van der Waals surface area contributed by atoms with Crippen LogP contribution in [-0.4, -0.2) is 24.1 Å². The molecule has 0 aliphatic rings. The topological polar surface area (TPSA) is 78.7 Å². The third kappa shape index (κ3) is 3.13. The molecule has 0 aliphatic carbocycles. The summed E-state index contributed by atoms with van der Waals surface area (Å²) in [5.74, 6) is -1.63. The van der Waals surface area contributed by atoms with Crippen LogP contribution in [0, 0.1) is 15.9 Å². The first-order chi connectivity index (χ1) is 7.95. The average molecular weight is 243 g/mol. The van der Waals surface area contributed by atoms with Gasteiger partial charge in [0.15, 0.2) is 6.10 Å². The number of hydrogen-bond acceptors (Lipinski definition) is 5. The number of hydrogen-bond donors (Lipinski definition) is 0. The zero-order valence-corrected chi connectivity index (χ0v) is 9.18. The van der Waals surface area contributed by atoms with E-state index in [1.165, 1.54) is 20.1 Å². The first kappa shape index (κ1) is 12.9. The lowest BCUT2D eigenvalue weighted by atomic mass is 10.3. The number of nitro benzene ring substituents is 1. The van der Waals surface area contributed by atoms with E-state index >= 15 is 0 Å². The van der Waals surface area contributed by atoms with Gasteiger partial charge in [-0.05, 0) is 13.0 Å². The minimum absolute atomic E-state index is 0.0194. The van der Waals surface area contributed by atoms with Crippen LogP contribution >= 0.6 is 0 Å². The fourth-order valence-corrected chi connectivity index (χ4v) is 1.13. The van der Waals surface area contributed by atoms with Gasteiger partial charge in [0.1, 0.15) is 5.75 Å². The summed E-state index contributed by atoms with van der Waals surface area (Å²) in [4.78, 5) is 20.5. The van der Waals surface area contributed by atoms with E-state index in [1.807, 2.05) is 0 Å². The molecule has 0 saturated heterocycles. The van der Waals surface area contributed by atoms with Gasteiger partial charge in [0.25, 0.3) is 0 Å². The molecule has 0 spiro atoms. The zero-order chi connectivity index (χ0) is 13.0. The molecule has 1 aromatic carbocycles. The van der Waals surface area contributed by atoms with Gasteiger partial charge in [-0.3, -0.25) is 10.1 Å². The second-order valence-corrected chi connectivity index (χ2v) is 3.15. The van der Waals surface area contributed by atoms with Crippen LogP contribution < -0.4 is 4.74 Å². The van der Waals surface area contributed by atoms with E-state index in [4.69, 9.17) is 4.74 Å². The summed E-state index contributed by atoms with van der Waals surface area (Å²) < 4.78 is 22.7. The van der Waals surface area contributed by atoms with Crippen molar-refractivity contribution in [2.75, 3.05) is 7.11 Å². The Morgan fingerprint density at radius 3 is 2.65 bits per heavy atom. The molecule has 1 rings (SSSR count). The summed E-state index contributed by atoms with van der Waals surface area (Å²) in [5, 5.41) is 10.4. The van der Waals surface area contributed by atoms with Gasteiger partial charge in [-0.2, -0.15) is 4.39 Å². The number of nitro groups is 1. The van der Waals surface area contributed by atoms with E-state index in [9.17, 15) is 19.3 Å². The Hall–Kier alpha value is -2.18. The lowest BCUT2D eigenvalue weighted by molar-refractivity contribution is -0.387. The summed E-state index contributed by atoms with van der Waals surface area (Å²) in [6.07, 6.45) is -0.916. The van der Waals surface area contributed by atoms with E-state index in [1.54, 1.807) is 0 Å². The summed E-state index contributed by atoms with van der Waals surface area (Å²) in [6, 6.07) is 3.02. The molecule has 0 fully saturated rings. The molecule has 0 unspecified atom stereocenters. The lowest BCUT2D eigenvalue weighted by Crippen LogP contribution is -2.24. The number of ether oxygens (including phenoxy) is 2. The predicted octanol–water partition coefficient (Wildman–Crippen LogP) is 1.67. The molecular formula is C10H10FNO5. The van der Waals surface area contributed by atoms with Crippen LogP contribution in [0.4, 0.5) is 10.1 Å². The molecule has 17 heavy (non-hydrogen) atoms. The van der Waals surface area contributed by atoms with Crippen molar-refractivity contribution in [2.24, 2.45) is 0 Å². The van der Waals surface area contributed by atoms with Crippen LogP contribution in [0.15, 0.2) is 18.2 Å². The summed E-state index contributed by atoms with van der Waals surface area (Å²) >= 11 is 0. The van der Waals surface area contributed by atoms with Crippen LogP contribution in [0.2, 0.25) is 0 Å². The van der Waals surface area contributed by atoms with Gasteiger partial charge >= 0.3 is 11.7 Å². The molecule has 0 saturated carbocycles. The maximum atomic E-state index is 13.2. The Labute approximate surface area is 96.1 Å². The maximum Gasteiger partial charge on any atom is 0.346 e. The summed E-state index contributed by atoms with van der Waals surface area (Å²) in [5.41, 5.74) is -0.650. The fraction of sp³-hybridized carbons (Fsp3) is 0.300. The molecule has 92 valence electrons. The average Bonchev–Trinajstić information content (AvgIpc) is 2.27. The minimum atomic E-state index is -1.02. The van der Waals surface area contributed by atoms with Gasteiger partial charge in [-0.25, -0.2) is 4.79 Å². The van der Waals surface area contributed by atoms with Crippen molar-refractivity contribution < 1.29 is 23.6 Å². The quantitative estimate of drug-likeness (QED) is 0.456. The number of nitrogens with zero attached hydrogens (tertiary/aromatic N) is 1. The molecule has 0 heterocycles. The number of benzene rings is 1. The number of rotatable bonds is 4. The second kappa shape index (κ2) is 5.24. The lowest BCUT2D eigenvalue weighted by Gasteiger charge is -2.12. The van der Waals surface area contributed by atoms with E-state index in [0.717, 1.165) is 12.1 Å². The Morgan fingerprint density at radius 1 is 1.53 bits per heavy atom. The number of carbonyl (C=O) groups is 1. The van der Waals surface area contributed by atoms with E-state index in [-0.39, 0.29) is 5.75 Å². The van der Waals surface area contributed by atoms with Crippen molar-refractivity contribution in [2.45, 2.75) is 13.0 Å². The number of esters is 1. The van der Waals surface area contributed by atoms with Crippen LogP contribution in [0.3, 0.4) is 0 Å². The number of methoxy groups -OCH3 is 1. The van der Waals surface area contributed by atoms with E-state index < -0.39 is 28.5 Å². The Bertz CT molecular complexity index is 448. The van der Waals surface area contributed by atoms with Crippen molar-refractivity contribution in [3.05, 3.63) is 34.1 Å². The van der Waals surface area contributed by atoms with Crippen molar-refractivity contribution in [3.63, 3.8) is 0 Å². The van der Waals surface area contributed by atoms with Crippen LogP contribution in [0.5, 0.6) is 5.75 Å². The molecule has 1 aromatic rings. The molecule has 0 aromatic heterocycles. The smallest absolute Gasteiger partial charge is 0.346 e. The van der Waals surface area contributed by atoms with Gasteiger partial charge in [0, 0.05) is 12.1 Å². The summed E-state index contributed by atoms with van der Waals surface area (Å²) in [7, 11) is 1.19. The largest absolute Gasteiger partial charge is 0.479 e. The predicted molar refractivity (Wildman–Crippen MR) is 55.2 cm³/mol. The van der Waals surface area contributed by atoms with Crippen LogP contribution in [0.25, 0.3) is 0 Å². The van der Waals surface area contributed by atoms with E-state index in [2.05, 4.69) is 4.74 Å². The molecule has 0 aliphatic heterocycles. The highest BCUT2D eigenvalue weighted by Gasteiger charge is 2.18. The van der Waals surface area contributed by atoms with Crippen molar-refractivity contribution in [3.8, 4) is 5.75 Å². The number of carbonyl (C=O) groups excluding carboxylic acids is 1. The third-order valence-electron chi connectivity index (χ3n) is 1.96. The standard InChI is InChI=1S/C10H10FNO5/c1-6(10(13)16-2)17-7-3-4-9(12(14)15)8(11)5-7/h3-6H,1-2H3/t6-/m1/s1. The molecule has 1 atom stereocenters.